The minimum absolute atomic E-state index is 0.0548. The number of hydrogen-bond acceptors (Lipinski definition) is 6. The van der Waals surface area contributed by atoms with Crippen molar-refractivity contribution in [1.82, 2.24) is 10.2 Å². The molecule has 1 amide bonds. The predicted molar refractivity (Wildman–Crippen MR) is 71.8 cm³/mol. The maximum absolute atomic E-state index is 11.4. The van der Waals surface area contributed by atoms with Crippen LogP contribution in [0.1, 0.15) is 12.0 Å². The zero-order valence-corrected chi connectivity index (χ0v) is 11.0. The fourth-order valence-electron chi connectivity index (χ4n) is 1.82. The number of aromatic nitrogens is 2. The van der Waals surface area contributed by atoms with E-state index in [1.165, 1.54) is 23.1 Å². The zero-order valence-electron chi connectivity index (χ0n) is 9.34. The Bertz CT molecular complexity index is 597. The number of anilines is 2. The van der Waals surface area contributed by atoms with Crippen molar-refractivity contribution in [2.24, 2.45) is 0 Å². The van der Waals surface area contributed by atoms with Crippen LogP contribution in [0.4, 0.5) is 11.4 Å². The number of amides is 1. The molecule has 92 valence electrons. The summed E-state index contributed by atoms with van der Waals surface area (Å²) < 4.78 is 0.837. The Balaban J connectivity index is 1.95. The second-order valence-corrected chi connectivity index (χ2v) is 6.02. The SMILES string of the molecule is Nc1cc2c(cc1Sc1nncs1)NC(=O)CC2. The first-order valence-corrected chi connectivity index (χ1v) is 7.08. The van der Waals surface area contributed by atoms with E-state index in [1.807, 2.05) is 12.1 Å². The lowest BCUT2D eigenvalue weighted by Crippen LogP contribution is -2.19. The highest BCUT2D eigenvalue weighted by atomic mass is 32.2. The van der Waals surface area contributed by atoms with Gasteiger partial charge in [0.15, 0.2) is 4.34 Å². The Morgan fingerprint density at radius 3 is 3.06 bits per heavy atom. The van der Waals surface area contributed by atoms with Gasteiger partial charge in [-0.15, -0.1) is 10.2 Å². The van der Waals surface area contributed by atoms with Crippen molar-refractivity contribution in [2.45, 2.75) is 22.1 Å². The summed E-state index contributed by atoms with van der Waals surface area (Å²) >= 11 is 2.93. The van der Waals surface area contributed by atoms with Gasteiger partial charge < -0.3 is 11.1 Å². The molecule has 0 atom stereocenters. The number of rotatable bonds is 2. The number of carbonyl (C=O) groups excluding carboxylic acids is 1. The van der Waals surface area contributed by atoms with Crippen LogP contribution in [0.3, 0.4) is 0 Å². The van der Waals surface area contributed by atoms with E-state index >= 15 is 0 Å². The summed E-state index contributed by atoms with van der Waals surface area (Å²) in [7, 11) is 0. The van der Waals surface area contributed by atoms with Gasteiger partial charge >= 0.3 is 0 Å². The van der Waals surface area contributed by atoms with Crippen LogP contribution in [0.5, 0.6) is 0 Å². The van der Waals surface area contributed by atoms with Crippen LogP contribution in [0, 0.1) is 0 Å². The van der Waals surface area contributed by atoms with Gasteiger partial charge in [-0.1, -0.05) is 23.1 Å². The molecule has 0 saturated carbocycles. The molecule has 2 heterocycles. The standard InChI is InChI=1S/C11H10N4OS2/c12-7-3-6-1-2-10(16)14-8(6)4-9(7)18-11-15-13-5-17-11/h3-5H,1-2,12H2,(H,14,16). The highest BCUT2D eigenvalue weighted by molar-refractivity contribution is 8.01. The van der Waals surface area contributed by atoms with Gasteiger partial charge in [0.25, 0.3) is 0 Å². The molecular weight excluding hydrogens is 268 g/mol. The van der Waals surface area contributed by atoms with E-state index in [9.17, 15) is 4.79 Å². The largest absolute Gasteiger partial charge is 0.398 e. The maximum atomic E-state index is 11.4. The summed E-state index contributed by atoms with van der Waals surface area (Å²) in [4.78, 5) is 12.3. The van der Waals surface area contributed by atoms with Crippen LogP contribution in [0.2, 0.25) is 0 Å². The van der Waals surface area contributed by atoms with Crippen molar-refractivity contribution < 1.29 is 4.79 Å². The highest BCUT2D eigenvalue weighted by Gasteiger charge is 2.17. The molecular formula is C11H10N4OS2. The summed E-state index contributed by atoms with van der Waals surface area (Å²) in [6.07, 6.45) is 1.27. The van der Waals surface area contributed by atoms with Crippen LogP contribution >= 0.6 is 23.1 Å². The molecule has 1 aliphatic rings. The van der Waals surface area contributed by atoms with Crippen molar-refractivity contribution in [3.63, 3.8) is 0 Å². The predicted octanol–water partition coefficient (Wildman–Crippen LogP) is 2.16. The van der Waals surface area contributed by atoms with E-state index in [4.69, 9.17) is 5.73 Å². The van der Waals surface area contributed by atoms with Gasteiger partial charge in [-0.3, -0.25) is 4.79 Å². The lowest BCUT2D eigenvalue weighted by molar-refractivity contribution is -0.116. The van der Waals surface area contributed by atoms with E-state index < -0.39 is 0 Å². The van der Waals surface area contributed by atoms with Crippen LogP contribution in [-0.4, -0.2) is 16.1 Å². The molecule has 0 radical (unpaired) electrons. The number of fused-ring (bicyclic) bond motifs is 1. The molecule has 3 N–H and O–H groups in total. The number of hydrogen-bond donors (Lipinski definition) is 2. The Kier molecular flexibility index (Phi) is 2.92. The molecule has 7 heteroatoms. The van der Waals surface area contributed by atoms with E-state index in [1.54, 1.807) is 5.51 Å². The Labute approximate surface area is 112 Å². The molecule has 0 spiro atoms. The third-order valence-electron chi connectivity index (χ3n) is 2.67. The van der Waals surface area contributed by atoms with Crippen molar-refractivity contribution in [2.75, 3.05) is 11.1 Å². The smallest absolute Gasteiger partial charge is 0.224 e. The number of nitrogen functional groups attached to an aromatic ring is 1. The monoisotopic (exact) mass is 278 g/mol. The molecule has 0 fully saturated rings. The van der Waals surface area contributed by atoms with Crippen molar-refractivity contribution in [3.05, 3.63) is 23.2 Å². The molecule has 18 heavy (non-hydrogen) atoms. The summed E-state index contributed by atoms with van der Waals surface area (Å²) in [5.74, 6) is 0.0548. The number of nitrogens with one attached hydrogen (secondary N) is 1. The lowest BCUT2D eigenvalue weighted by Gasteiger charge is -2.18. The average Bonchev–Trinajstić information content (AvgIpc) is 2.83. The van der Waals surface area contributed by atoms with Crippen molar-refractivity contribution in [3.8, 4) is 0 Å². The van der Waals surface area contributed by atoms with E-state index in [0.717, 1.165) is 26.9 Å². The normalized spacial score (nSPS) is 14.1. The second kappa shape index (κ2) is 4.58. The number of nitrogens with two attached hydrogens (primary N) is 1. The van der Waals surface area contributed by atoms with E-state index in [-0.39, 0.29) is 5.91 Å². The maximum Gasteiger partial charge on any atom is 0.224 e. The second-order valence-electron chi connectivity index (χ2n) is 3.90. The fourth-order valence-corrected chi connectivity index (χ4v) is 3.32. The van der Waals surface area contributed by atoms with Gasteiger partial charge in [0.05, 0.1) is 0 Å². The summed E-state index contributed by atoms with van der Waals surface area (Å²) in [6.45, 7) is 0. The Hall–Kier alpha value is -1.60. The molecule has 0 saturated heterocycles. The molecule has 0 aliphatic carbocycles. The summed E-state index contributed by atoms with van der Waals surface area (Å²) in [5, 5.41) is 10.6. The van der Waals surface area contributed by atoms with Crippen LogP contribution in [0.25, 0.3) is 0 Å². The molecule has 1 aromatic carbocycles. The first-order valence-electron chi connectivity index (χ1n) is 5.38. The molecule has 3 rings (SSSR count). The number of carbonyl (C=O) groups is 1. The van der Waals surface area contributed by atoms with Crippen LogP contribution in [-0.2, 0) is 11.2 Å². The zero-order chi connectivity index (χ0) is 12.5. The van der Waals surface area contributed by atoms with Crippen LogP contribution in [0.15, 0.2) is 26.9 Å². The highest BCUT2D eigenvalue weighted by Crippen LogP contribution is 2.37. The van der Waals surface area contributed by atoms with Gasteiger partial charge in [0, 0.05) is 22.7 Å². The molecule has 2 aromatic rings. The lowest BCUT2D eigenvalue weighted by atomic mass is 10.0. The van der Waals surface area contributed by atoms with Gasteiger partial charge in [-0.25, -0.2) is 0 Å². The first kappa shape index (κ1) is 11.5. The summed E-state index contributed by atoms with van der Waals surface area (Å²) in [6, 6.07) is 3.84. The van der Waals surface area contributed by atoms with Gasteiger partial charge in [0.2, 0.25) is 5.91 Å². The Morgan fingerprint density at radius 1 is 1.39 bits per heavy atom. The molecule has 1 aliphatic heterocycles. The molecule has 1 aromatic heterocycles. The third kappa shape index (κ3) is 2.19. The average molecular weight is 278 g/mol. The molecule has 0 unspecified atom stereocenters. The van der Waals surface area contributed by atoms with E-state index in [0.29, 0.717) is 12.1 Å². The topological polar surface area (TPSA) is 80.9 Å². The van der Waals surface area contributed by atoms with Crippen LogP contribution < -0.4 is 11.1 Å². The summed E-state index contributed by atoms with van der Waals surface area (Å²) in [5.41, 5.74) is 10.4. The van der Waals surface area contributed by atoms with Gasteiger partial charge in [-0.2, -0.15) is 0 Å². The Morgan fingerprint density at radius 2 is 2.28 bits per heavy atom. The quantitative estimate of drug-likeness (QED) is 0.823. The van der Waals surface area contributed by atoms with Gasteiger partial charge in [-0.05, 0) is 24.1 Å². The molecule has 5 nitrogen and oxygen atoms in total. The molecule has 0 bridgehead atoms. The first-order chi connectivity index (χ1) is 8.72. The minimum atomic E-state index is 0.0548. The number of benzene rings is 1. The van der Waals surface area contributed by atoms with Crippen molar-refractivity contribution >= 4 is 40.4 Å². The minimum Gasteiger partial charge on any atom is -0.398 e. The van der Waals surface area contributed by atoms with Crippen molar-refractivity contribution in [1.29, 1.82) is 0 Å². The number of aryl methyl sites for hydroxylation is 1. The fraction of sp³-hybridized carbons (Fsp3) is 0.182. The van der Waals surface area contributed by atoms with E-state index in [2.05, 4.69) is 15.5 Å². The van der Waals surface area contributed by atoms with Gasteiger partial charge in [0.1, 0.15) is 5.51 Å². The third-order valence-corrected chi connectivity index (χ3v) is 4.52. The number of nitrogens with zero attached hydrogens (tertiary/aromatic N) is 2.